The van der Waals surface area contributed by atoms with Crippen molar-refractivity contribution in [2.75, 3.05) is 45.8 Å². The second-order valence-corrected chi connectivity index (χ2v) is 10.8. The van der Waals surface area contributed by atoms with Gasteiger partial charge < -0.3 is 0 Å². The summed E-state index contributed by atoms with van der Waals surface area (Å²) in [5, 5.41) is 6.82. The van der Waals surface area contributed by atoms with Gasteiger partial charge in [-0.3, -0.25) is 29.2 Å². The van der Waals surface area contributed by atoms with Crippen LogP contribution >= 0.6 is 0 Å². The van der Waals surface area contributed by atoms with E-state index in [0.29, 0.717) is 19.0 Å². The quantitative estimate of drug-likeness (QED) is 0.481. The summed E-state index contributed by atoms with van der Waals surface area (Å²) in [4.78, 5) is 24.8. The van der Waals surface area contributed by atoms with Gasteiger partial charge in [0.1, 0.15) is 0 Å². The first kappa shape index (κ1) is 25.1. The Bertz CT molecular complexity index is 1190. The smallest absolute Gasteiger partial charge is 0.152 e. The van der Waals surface area contributed by atoms with Crippen LogP contribution in [0.25, 0.3) is 21.9 Å². The predicted octanol–water partition coefficient (Wildman–Crippen LogP) is 3.76. The standard InChI is InChI=1S/C29H40N6O/c1-22(2)35-13-11-34(12-14-35)20-27(36)17-26-16-25-15-23(7-8-24(25)18-30-26)28-19-31-32(3)29(28)21-33-9-5-4-6-10-33/h7-8,15-16,18-19,22H,4-6,9-14,17,20-21H2,1-3H3. The number of likely N-dealkylation sites (tertiary alicyclic amines) is 1. The summed E-state index contributed by atoms with van der Waals surface area (Å²) in [6.45, 7) is 12.3. The summed E-state index contributed by atoms with van der Waals surface area (Å²) in [6.07, 6.45) is 8.19. The van der Waals surface area contributed by atoms with Crippen LogP contribution in [0.1, 0.15) is 44.5 Å². The highest BCUT2D eigenvalue weighted by molar-refractivity contribution is 5.89. The lowest BCUT2D eigenvalue weighted by atomic mass is 10.0. The lowest BCUT2D eigenvalue weighted by Crippen LogP contribution is -2.50. The molecule has 0 unspecified atom stereocenters. The predicted molar refractivity (Wildman–Crippen MR) is 145 cm³/mol. The van der Waals surface area contributed by atoms with Crippen molar-refractivity contribution >= 4 is 16.6 Å². The summed E-state index contributed by atoms with van der Waals surface area (Å²) in [6, 6.07) is 9.19. The minimum Gasteiger partial charge on any atom is -0.298 e. The molecule has 4 heterocycles. The van der Waals surface area contributed by atoms with Gasteiger partial charge in [-0.1, -0.05) is 18.6 Å². The van der Waals surface area contributed by atoms with Crippen molar-refractivity contribution in [2.45, 2.75) is 52.1 Å². The number of nitrogens with zero attached hydrogens (tertiary/aromatic N) is 6. The van der Waals surface area contributed by atoms with Gasteiger partial charge in [0, 0.05) is 68.7 Å². The number of hydrogen-bond acceptors (Lipinski definition) is 6. The van der Waals surface area contributed by atoms with Crippen molar-refractivity contribution in [1.82, 2.24) is 29.5 Å². The number of piperidine rings is 1. The summed E-state index contributed by atoms with van der Waals surface area (Å²) < 4.78 is 2.02. The number of hydrogen-bond donors (Lipinski definition) is 0. The molecule has 2 aromatic heterocycles. The number of Topliss-reactive ketones (excluding diaryl/α,β-unsaturated/α-hetero) is 1. The number of carbonyl (C=O) groups is 1. The zero-order valence-electron chi connectivity index (χ0n) is 22.1. The first-order valence-corrected chi connectivity index (χ1v) is 13.6. The number of ketones is 1. The molecule has 0 amide bonds. The molecule has 0 spiro atoms. The number of fused-ring (bicyclic) bond motifs is 1. The van der Waals surface area contributed by atoms with Crippen LogP contribution in [0.5, 0.6) is 0 Å². The van der Waals surface area contributed by atoms with Crippen molar-refractivity contribution in [2.24, 2.45) is 7.05 Å². The summed E-state index contributed by atoms with van der Waals surface area (Å²) in [7, 11) is 2.04. The van der Waals surface area contributed by atoms with Gasteiger partial charge in [-0.05, 0) is 62.9 Å². The van der Waals surface area contributed by atoms with E-state index in [1.807, 2.05) is 24.1 Å². The molecule has 0 aliphatic carbocycles. The van der Waals surface area contributed by atoms with Gasteiger partial charge >= 0.3 is 0 Å². The summed E-state index contributed by atoms with van der Waals surface area (Å²) in [5.41, 5.74) is 4.48. The lowest BCUT2D eigenvalue weighted by Gasteiger charge is -2.36. The molecule has 7 nitrogen and oxygen atoms in total. The van der Waals surface area contributed by atoms with Crippen LogP contribution in [0.3, 0.4) is 0 Å². The minimum absolute atomic E-state index is 0.243. The number of benzene rings is 1. The Labute approximate surface area is 215 Å². The van der Waals surface area contributed by atoms with E-state index in [1.54, 1.807) is 0 Å². The molecule has 3 aromatic rings. The topological polar surface area (TPSA) is 57.5 Å². The van der Waals surface area contributed by atoms with E-state index in [1.165, 1.54) is 49.2 Å². The second kappa shape index (κ2) is 11.2. The monoisotopic (exact) mass is 488 g/mol. The average molecular weight is 489 g/mol. The highest BCUT2D eigenvalue weighted by Crippen LogP contribution is 2.28. The SMILES string of the molecule is CC(C)N1CCN(CC(=O)Cc2cc3cc(-c4cnn(C)c4CN4CCCCC4)ccc3cn2)CC1. The maximum atomic E-state index is 12.8. The van der Waals surface area contributed by atoms with Crippen LogP contribution in [-0.2, 0) is 24.8 Å². The Morgan fingerprint density at radius 1 is 0.917 bits per heavy atom. The van der Waals surface area contributed by atoms with Gasteiger partial charge in [-0.15, -0.1) is 0 Å². The minimum atomic E-state index is 0.243. The van der Waals surface area contributed by atoms with E-state index in [9.17, 15) is 4.79 Å². The van der Waals surface area contributed by atoms with Gasteiger partial charge in [-0.25, -0.2) is 0 Å². The molecule has 5 rings (SSSR count). The molecule has 2 aliphatic heterocycles. The van der Waals surface area contributed by atoms with E-state index in [-0.39, 0.29) is 5.78 Å². The fourth-order valence-electron chi connectivity index (χ4n) is 5.62. The number of piperazine rings is 1. The molecule has 1 aromatic carbocycles. The molecule has 0 N–H and O–H groups in total. The molecule has 0 bridgehead atoms. The molecular weight excluding hydrogens is 448 g/mol. The van der Waals surface area contributed by atoms with Crippen molar-refractivity contribution in [3.05, 3.63) is 48.0 Å². The largest absolute Gasteiger partial charge is 0.298 e. The Morgan fingerprint density at radius 2 is 1.69 bits per heavy atom. The van der Waals surface area contributed by atoms with Gasteiger partial charge in [-0.2, -0.15) is 5.10 Å². The molecular formula is C29H40N6O. The number of pyridine rings is 1. The van der Waals surface area contributed by atoms with E-state index in [0.717, 1.165) is 49.2 Å². The molecule has 7 heteroatoms. The molecule has 2 saturated heterocycles. The van der Waals surface area contributed by atoms with Crippen molar-refractivity contribution in [3.8, 4) is 11.1 Å². The van der Waals surface area contributed by atoms with Gasteiger partial charge in [0.15, 0.2) is 5.78 Å². The maximum Gasteiger partial charge on any atom is 0.152 e. The summed E-state index contributed by atoms with van der Waals surface area (Å²) >= 11 is 0. The van der Waals surface area contributed by atoms with Crippen LogP contribution in [0.2, 0.25) is 0 Å². The second-order valence-electron chi connectivity index (χ2n) is 10.8. The van der Waals surface area contributed by atoms with Gasteiger partial charge in [0.2, 0.25) is 0 Å². The van der Waals surface area contributed by atoms with E-state index < -0.39 is 0 Å². The molecule has 2 fully saturated rings. The highest BCUT2D eigenvalue weighted by Gasteiger charge is 2.21. The zero-order chi connectivity index (χ0) is 25.1. The number of aromatic nitrogens is 3. The number of rotatable bonds is 8. The van der Waals surface area contributed by atoms with Crippen LogP contribution < -0.4 is 0 Å². The third-order valence-electron chi connectivity index (χ3n) is 7.89. The fraction of sp³-hybridized carbons (Fsp3) is 0.552. The maximum absolute atomic E-state index is 12.8. The Balaban J connectivity index is 1.28. The van der Waals surface area contributed by atoms with Gasteiger partial charge in [0.25, 0.3) is 0 Å². The number of carbonyl (C=O) groups excluding carboxylic acids is 1. The van der Waals surface area contributed by atoms with Crippen molar-refractivity contribution in [3.63, 3.8) is 0 Å². The van der Waals surface area contributed by atoms with E-state index in [4.69, 9.17) is 0 Å². The highest BCUT2D eigenvalue weighted by atomic mass is 16.1. The molecule has 192 valence electrons. The van der Waals surface area contributed by atoms with Crippen LogP contribution in [0, 0.1) is 0 Å². The van der Waals surface area contributed by atoms with Crippen LogP contribution in [0.15, 0.2) is 36.7 Å². The fourth-order valence-corrected chi connectivity index (χ4v) is 5.62. The van der Waals surface area contributed by atoms with E-state index in [2.05, 4.69) is 62.9 Å². The van der Waals surface area contributed by atoms with Crippen LogP contribution in [0.4, 0.5) is 0 Å². The Morgan fingerprint density at radius 3 is 2.44 bits per heavy atom. The molecule has 0 radical (unpaired) electrons. The Hall–Kier alpha value is -2.61. The molecule has 2 aliphatic rings. The van der Waals surface area contributed by atoms with Crippen molar-refractivity contribution in [1.29, 1.82) is 0 Å². The number of aryl methyl sites for hydroxylation is 1. The van der Waals surface area contributed by atoms with E-state index >= 15 is 0 Å². The zero-order valence-corrected chi connectivity index (χ0v) is 22.1. The first-order chi connectivity index (χ1) is 17.5. The normalized spacial score (nSPS) is 18.3. The molecule has 0 saturated carbocycles. The third kappa shape index (κ3) is 5.85. The lowest BCUT2D eigenvalue weighted by molar-refractivity contribution is -0.120. The van der Waals surface area contributed by atoms with Crippen molar-refractivity contribution < 1.29 is 4.79 Å². The molecule has 36 heavy (non-hydrogen) atoms. The van der Waals surface area contributed by atoms with Gasteiger partial charge in [0.05, 0.1) is 24.9 Å². The first-order valence-electron chi connectivity index (χ1n) is 13.6. The summed E-state index contributed by atoms with van der Waals surface area (Å²) in [5.74, 6) is 0.243. The van der Waals surface area contributed by atoms with Crippen LogP contribution in [-0.4, -0.2) is 87.1 Å². The molecule has 0 atom stereocenters. The average Bonchev–Trinajstić information content (AvgIpc) is 3.24. The third-order valence-corrected chi connectivity index (χ3v) is 7.89. The Kier molecular flexibility index (Phi) is 7.79.